The number of carbonyl (C=O) groups excluding carboxylic acids is 2. The fourth-order valence-corrected chi connectivity index (χ4v) is 2.72. The molecule has 1 amide bonds. The molecule has 0 radical (unpaired) electrons. The maximum absolute atomic E-state index is 12.1. The van der Waals surface area contributed by atoms with E-state index in [0.29, 0.717) is 30.2 Å². The van der Waals surface area contributed by atoms with Gasteiger partial charge in [-0.3, -0.25) is 4.79 Å². The number of hydrogen-bond donors (Lipinski definition) is 1. The van der Waals surface area contributed by atoms with Gasteiger partial charge >= 0.3 is 5.97 Å². The van der Waals surface area contributed by atoms with Crippen LogP contribution in [0.3, 0.4) is 0 Å². The van der Waals surface area contributed by atoms with Crippen molar-refractivity contribution in [3.05, 3.63) is 66.1 Å². The highest BCUT2D eigenvalue weighted by Crippen LogP contribution is 2.24. The number of carbonyl (C=O) groups is 2. The van der Waals surface area contributed by atoms with Crippen molar-refractivity contribution in [2.24, 2.45) is 0 Å². The van der Waals surface area contributed by atoms with Crippen molar-refractivity contribution in [3.8, 4) is 17.2 Å². The van der Waals surface area contributed by atoms with Gasteiger partial charge in [0.25, 0.3) is 5.91 Å². The number of esters is 1. The molecule has 3 aromatic rings. The standard InChI is InChI=1S/C23H25N3O5/c1-23(2,3)18-8-10-19(11-9-18)29-13-12-24-20(27)14-30-22(28)17-6-4-16(5-7-17)21-26-25-15-31-21/h4-11,15H,12-14H2,1-3H3,(H,24,27). The van der Waals surface area contributed by atoms with Gasteiger partial charge in [0.2, 0.25) is 12.3 Å². The van der Waals surface area contributed by atoms with Gasteiger partial charge in [-0.1, -0.05) is 32.9 Å². The van der Waals surface area contributed by atoms with Crippen LogP contribution in [0.4, 0.5) is 0 Å². The zero-order valence-corrected chi connectivity index (χ0v) is 17.8. The molecule has 0 spiro atoms. The van der Waals surface area contributed by atoms with E-state index in [0.717, 1.165) is 5.75 Å². The lowest BCUT2D eigenvalue weighted by Gasteiger charge is -2.19. The number of rotatable bonds is 8. The summed E-state index contributed by atoms with van der Waals surface area (Å²) in [5.74, 6) is 0.0919. The number of amides is 1. The first-order valence-corrected chi connectivity index (χ1v) is 9.87. The van der Waals surface area contributed by atoms with Crippen LogP contribution < -0.4 is 10.1 Å². The van der Waals surface area contributed by atoms with E-state index in [1.165, 1.54) is 12.0 Å². The third kappa shape index (κ3) is 6.40. The summed E-state index contributed by atoms with van der Waals surface area (Å²) in [5, 5.41) is 10.1. The Kier molecular flexibility index (Phi) is 7.02. The largest absolute Gasteiger partial charge is 0.492 e. The Labute approximate surface area is 180 Å². The van der Waals surface area contributed by atoms with Crippen molar-refractivity contribution in [3.63, 3.8) is 0 Å². The van der Waals surface area contributed by atoms with Crippen molar-refractivity contribution in [1.29, 1.82) is 0 Å². The summed E-state index contributed by atoms with van der Waals surface area (Å²) in [6.07, 6.45) is 1.23. The topological polar surface area (TPSA) is 104 Å². The molecule has 8 nitrogen and oxygen atoms in total. The van der Waals surface area contributed by atoms with Crippen molar-refractivity contribution in [2.45, 2.75) is 26.2 Å². The van der Waals surface area contributed by atoms with Crippen LogP contribution in [0.25, 0.3) is 11.5 Å². The van der Waals surface area contributed by atoms with Crippen LogP contribution in [0.1, 0.15) is 36.7 Å². The highest BCUT2D eigenvalue weighted by molar-refractivity contribution is 5.91. The van der Waals surface area contributed by atoms with Crippen LogP contribution >= 0.6 is 0 Å². The molecule has 0 unspecified atom stereocenters. The lowest BCUT2D eigenvalue weighted by molar-refractivity contribution is -0.124. The summed E-state index contributed by atoms with van der Waals surface area (Å²) in [5.41, 5.74) is 2.30. The molecule has 1 heterocycles. The predicted octanol–water partition coefficient (Wildman–Crippen LogP) is 3.39. The van der Waals surface area contributed by atoms with E-state index in [2.05, 4.69) is 36.3 Å². The lowest BCUT2D eigenvalue weighted by Crippen LogP contribution is -2.32. The molecule has 0 aliphatic rings. The fourth-order valence-electron chi connectivity index (χ4n) is 2.72. The molecule has 0 saturated carbocycles. The molecule has 0 aliphatic carbocycles. The van der Waals surface area contributed by atoms with E-state index in [4.69, 9.17) is 13.9 Å². The molecule has 0 atom stereocenters. The predicted molar refractivity (Wildman–Crippen MR) is 114 cm³/mol. The van der Waals surface area contributed by atoms with E-state index in [9.17, 15) is 9.59 Å². The van der Waals surface area contributed by atoms with Gasteiger partial charge in [-0.2, -0.15) is 0 Å². The van der Waals surface area contributed by atoms with Crippen LogP contribution in [0.2, 0.25) is 0 Å². The Hall–Kier alpha value is -3.68. The van der Waals surface area contributed by atoms with Crippen molar-refractivity contribution >= 4 is 11.9 Å². The summed E-state index contributed by atoms with van der Waals surface area (Å²) in [4.78, 5) is 24.0. The first-order valence-electron chi connectivity index (χ1n) is 9.87. The van der Waals surface area contributed by atoms with E-state index in [-0.39, 0.29) is 12.0 Å². The minimum atomic E-state index is -0.595. The number of ether oxygens (including phenoxy) is 2. The molecular weight excluding hydrogens is 398 g/mol. The average Bonchev–Trinajstić information content (AvgIpc) is 3.30. The average molecular weight is 423 g/mol. The van der Waals surface area contributed by atoms with Gasteiger partial charge < -0.3 is 19.2 Å². The maximum Gasteiger partial charge on any atom is 0.338 e. The second-order valence-corrected chi connectivity index (χ2v) is 7.87. The lowest BCUT2D eigenvalue weighted by atomic mass is 9.87. The summed E-state index contributed by atoms with van der Waals surface area (Å²) < 4.78 is 15.7. The molecule has 0 bridgehead atoms. The van der Waals surface area contributed by atoms with E-state index >= 15 is 0 Å². The minimum Gasteiger partial charge on any atom is -0.492 e. The minimum absolute atomic E-state index is 0.0834. The Morgan fingerprint density at radius 1 is 1.03 bits per heavy atom. The smallest absolute Gasteiger partial charge is 0.338 e. The Morgan fingerprint density at radius 3 is 2.35 bits per heavy atom. The maximum atomic E-state index is 12.1. The molecule has 31 heavy (non-hydrogen) atoms. The molecule has 2 aromatic carbocycles. The van der Waals surface area contributed by atoms with Gasteiger partial charge in [-0.15, -0.1) is 10.2 Å². The van der Waals surface area contributed by atoms with Crippen molar-refractivity contribution < 1.29 is 23.5 Å². The first kappa shape index (κ1) is 22.0. The monoisotopic (exact) mass is 423 g/mol. The SMILES string of the molecule is CC(C)(C)c1ccc(OCCNC(=O)COC(=O)c2ccc(-c3nnco3)cc2)cc1. The molecule has 0 saturated heterocycles. The third-order valence-corrected chi connectivity index (χ3v) is 4.48. The van der Waals surface area contributed by atoms with Crippen LogP contribution in [-0.2, 0) is 14.9 Å². The summed E-state index contributed by atoms with van der Waals surface area (Å²) >= 11 is 0. The van der Waals surface area contributed by atoms with Crippen LogP contribution in [-0.4, -0.2) is 41.8 Å². The number of aromatic nitrogens is 2. The number of nitrogens with zero attached hydrogens (tertiary/aromatic N) is 2. The van der Waals surface area contributed by atoms with Gasteiger partial charge in [-0.25, -0.2) is 4.79 Å². The van der Waals surface area contributed by atoms with E-state index in [1.54, 1.807) is 24.3 Å². The van der Waals surface area contributed by atoms with Crippen LogP contribution in [0.15, 0.2) is 59.3 Å². The molecule has 162 valence electrons. The molecule has 3 rings (SSSR count). The highest BCUT2D eigenvalue weighted by atomic mass is 16.5. The van der Waals surface area contributed by atoms with Crippen LogP contribution in [0, 0.1) is 0 Å². The summed E-state index contributed by atoms with van der Waals surface area (Å²) in [6, 6.07) is 14.3. The first-order chi connectivity index (χ1) is 14.8. The third-order valence-electron chi connectivity index (χ3n) is 4.48. The zero-order chi connectivity index (χ0) is 22.3. The number of benzene rings is 2. The second kappa shape index (κ2) is 9.88. The summed E-state index contributed by atoms with van der Waals surface area (Å²) in [6.45, 7) is 6.69. The second-order valence-electron chi connectivity index (χ2n) is 7.87. The zero-order valence-electron chi connectivity index (χ0n) is 17.8. The van der Waals surface area contributed by atoms with Gasteiger partial charge in [0.15, 0.2) is 6.61 Å². The number of hydrogen-bond acceptors (Lipinski definition) is 7. The molecule has 1 N–H and O–H groups in total. The fraction of sp³-hybridized carbons (Fsp3) is 0.304. The van der Waals surface area contributed by atoms with Crippen molar-refractivity contribution in [1.82, 2.24) is 15.5 Å². The van der Waals surface area contributed by atoms with Crippen LogP contribution in [0.5, 0.6) is 5.75 Å². The Bertz CT molecular complexity index is 991. The number of nitrogens with one attached hydrogen (secondary N) is 1. The normalized spacial score (nSPS) is 11.1. The molecule has 0 aliphatic heterocycles. The van der Waals surface area contributed by atoms with Gasteiger partial charge in [0.05, 0.1) is 12.1 Å². The van der Waals surface area contributed by atoms with Gasteiger partial charge in [0.1, 0.15) is 12.4 Å². The molecule has 8 heteroatoms. The van der Waals surface area contributed by atoms with Gasteiger partial charge in [0, 0.05) is 5.56 Å². The summed E-state index contributed by atoms with van der Waals surface area (Å²) in [7, 11) is 0. The molecule has 0 fully saturated rings. The Balaban J connectivity index is 1.36. The Morgan fingerprint density at radius 2 is 1.74 bits per heavy atom. The van der Waals surface area contributed by atoms with Gasteiger partial charge in [-0.05, 0) is 47.4 Å². The van der Waals surface area contributed by atoms with Crippen molar-refractivity contribution in [2.75, 3.05) is 19.8 Å². The molecular formula is C23H25N3O5. The van der Waals surface area contributed by atoms with E-state index < -0.39 is 11.9 Å². The quantitative estimate of drug-likeness (QED) is 0.437. The molecule has 1 aromatic heterocycles. The van der Waals surface area contributed by atoms with E-state index in [1.807, 2.05) is 24.3 Å². The highest BCUT2D eigenvalue weighted by Gasteiger charge is 2.13.